The van der Waals surface area contributed by atoms with Gasteiger partial charge in [-0.1, -0.05) is 36.4 Å². The van der Waals surface area contributed by atoms with Crippen LogP contribution in [0.3, 0.4) is 0 Å². The van der Waals surface area contributed by atoms with Gasteiger partial charge in [0.2, 0.25) is 0 Å². The second-order valence-electron chi connectivity index (χ2n) is 5.49. The van der Waals surface area contributed by atoms with Crippen molar-refractivity contribution in [3.05, 3.63) is 65.2 Å². The third-order valence-electron chi connectivity index (χ3n) is 3.76. The van der Waals surface area contributed by atoms with Crippen LogP contribution in [0.15, 0.2) is 48.5 Å². The summed E-state index contributed by atoms with van der Waals surface area (Å²) in [6.07, 6.45) is 0. The summed E-state index contributed by atoms with van der Waals surface area (Å²) in [4.78, 5) is 25.3. The first-order chi connectivity index (χ1) is 12.5. The molecular weight excluding hydrogens is 356 g/mol. The second kappa shape index (κ2) is 9.26. The molecule has 6 nitrogen and oxygen atoms in total. The molecule has 0 fully saturated rings. The molecule has 0 aliphatic carbocycles. The van der Waals surface area contributed by atoms with E-state index in [1.807, 2.05) is 0 Å². The van der Waals surface area contributed by atoms with Crippen molar-refractivity contribution in [2.24, 2.45) is 0 Å². The summed E-state index contributed by atoms with van der Waals surface area (Å²) in [7, 11) is 1.53. The van der Waals surface area contributed by atoms with Crippen molar-refractivity contribution < 1.29 is 27.8 Å². The summed E-state index contributed by atoms with van der Waals surface area (Å²) in [6.45, 7) is 1.84. The summed E-state index contributed by atoms with van der Waals surface area (Å²) in [5.41, 5.74) is 1.46. The van der Waals surface area contributed by atoms with Crippen molar-refractivity contribution in [3.63, 3.8) is 0 Å². The van der Waals surface area contributed by atoms with Crippen LogP contribution in [0, 0.1) is 0 Å². The molecule has 0 heterocycles. The fraction of sp³-hybridized carbons (Fsp3) is 0.263. The number of benzene rings is 2. The maximum Gasteiger partial charge on any atom is 0.321 e. The van der Waals surface area contributed by atoms with E-state index in [1.54, 1.807) is 55.5 Å². The molecule has 0 bridgehead atoms. The van der Waals surface area contributed by atoms with Gasteiger partial charge in [-0.25, -0.2) is 4.21 Å². The molecular formula is C19H20O6S. The van der Waals surface area contributed by atoms with Gasteiger partial charge in [-0.15, -0.1) is 0 Å². The molecule has 0 saturated carbocycles. The molecule has 0 radical (unpaired) electrons. The first-order valence-electron chi connectivity index (χ1n) is 7.97. The number of hydrogen-bond acceptors (Lipinski definition) is 5. The molecule has 1 N–H and O–H groups in total. The zero-order valence-corrected chi connectivity index (χ0v) is 15.3. The molecule has 138 valence electrons. The Labute approximate surface area is 154 Å². The van der Waals surface area contributed by atoms with Crippen LogP contribution in [0.1, 0.15) is 34.3 Å². The minimum absolute atomic E-state index is 0.0196. The van der Waals surface area contributed by atoms with Gasteiger partial charge < -0.3 is 14.0 Å². The third-order valence-corrected chi connectivity index (χ3v) is 4.34. The Morgan fingerprint density at radius 3 is 2.19 bits per heavy atom. The molecule has 26 heavy (non-hydrogen) atoms. The maximum atomic E-state index is 12.9. The minimum atomic E-state index is -1.96. The number of carbonyl (C=O) groups is 2. The van der Waals surface area contributed by atoms with Crippen LogP contribution in [-0.2, 0) is 26.4 Å². The maximum absolute atomic E-state index is 12.9. The van der Waals surface area contributed by atoms with Crippen molar-refractivity contribution in [2.75, 3.05) is 13.7 Å². The Hall–Kier alpha value is -2.51. The van der Waals surface area contributed by atoms with Gasteiger partial charge in [0.15, 0.2) is 16.9 Å². The summed E-state index contributed by atoms with van der Waals surface area (Å²) >= 11 is -1.96. The standard InChI is InChI=1S/C19H20O6S/c1-3-25-19(21)17(14-8-10-16(24-2)11-9-14)18(20)15-6-4-13(5-7-15)12-26(22)23/h4-11,17H,3,12H2,1-2H3,(H,22,23). The van der Waals surface area contributed by atoms with E-state index in [1.165, 1.54) is 7.11 Å². The van der Waals surface area contributed by atoms with Gasteiger partial charge in [-0.2, -0.15) is 0 Å². The average molecular weight is 376 g/mol. The number of esters is 1. The van der Waals surface area contributed by atoms with Gasteiger partial charge in [0.25, 0.3) is 0 Å². The molecule has 0 aromatic heterocycles. The molecule has 0 spiro atoms. The molecule has 7 heteroatoms. The van der Waals surface area contributed by atoms with Gasteiger partial charge in [-0.3, -0.25) is 9.59 Å². The molecule has 2 unspecified atom stereocenters. The second-order valence-corrected chi connectivity index (χ2v) is 6.42. The SMILES string of the molecule is CCOC(=O)C(C(=O)c1ccc(CS(=O)O)cc1)c1ccc(OC)cc1. The van der Waals surface area contributed by atoms with Gasteiger partial charge in [0.05, 0.1) is 19.5 Å². The lowest BCUT2D eigenvalue weighted by molar-refractivity contribution is -0.143. The molecule has 0 amide bonds. The third kappa shape index (κ3) is 5.00. The molecule has 2 aromatic rings. The molecule has 0 aliphatic rings. The Morgan fingerprint density at radius 2 is 1.69 bits per heavy atom. The van der Waals surface area contributed by atoms with E-state index in [0.717, 1.165) is 0 Å². The quantitative estimate of drug-likeness (QED) is 0.330. The van der Waals surface area contributed by atoms with Crippen LogP contribution < -0.4 is 4.74 Å². The van der Waals surface area contributed by atoms with E-state index < -0.39 is 28.8 Å². The van der Waals surface area contributed by atoms with Gasteiger partial charge in [0.1, 0.15) is 11.7 Å². The summed E-state index contributed by atoms with van der Waals surface area (Å²) in [5.74, 6) is -1.51. The smallest absolute Gasteiger partial charge is 0.321 e. The predicted octanol–water partition coefficient (Wildman–Crippen LogP) is 2.95. The highest BCUT2D eigenvalue weighted by molar-refractivity contribution is 7.78. The highest BCUT2D eigenvalue weighted by Crippen LogP contribution is 2.25. The first kappa shape index (κ1) is 19.8. The molecule has 2 aromatic carbocycles. The van der Waals surface area contributed by atoms with Crippen molar-refractivity contribution in [2.45, 2.75) is 18.6 Å². The Kier molecular flexibility index (Phi) is 7.06. The molecule has 2 rings (SSSR count). The monoisotopic (exact) mass is 376 g/mol. The van der Waals surface area contributed by atoms with E-state index in [2.05, 4.69) is 0 Å². The molecule has 0 aliphatic heterocycles. The van der Waals surface area contributed by atoms with Crippen LogP contribution in [0.25, 0.3) is 0 Å². The first-order valence-corrected chi connectivity index (χ1v) is 9.25. The van der Waals surface area contributed by atoms with E-state index in [0.29, 0.717) is 22.4 Å². The minimum Gasteiger partial charge on any atom is -0.497 e. The van der Waals surface area contributed by atoms with Crippen molar-refractivity contribution in [1.29, 1.82) is 0 Å². The Balaban J connectivity index is 2.32. The highest BCUT2D eigenvalue weighted by atomic mass is 32.2. The zero-order chi connectivity index (χ0) is 19.1. The average Bonchev–Trinajstić information content (AvgIpc) is 2.63. The fourth-order valence-corrected chi connectivity index (χ4v) is 2.97. The lowest BCUT2D eigenvalue weighted by Crippen LogP contribution is -2.24. The number of hydrogen-bond donors (Lipinski definition) is 1. The van der Waals surface area contributed by atoms with Crippen molar-refractivity contribution in [3.8, 4) is 5.75 Å². The number of ether oxygens (including phenoxy) is 2. The lowest BCUT2D eigenvalue weighted by atomic mass is 9.90. The lowest BCUT2D eigenvalue weighted by Gasteiger charge is -2.16. The number of ketones is 1. The fourth-order valence-electron chi connectivity index (χ4n) is 2.49. The van der Waals surface area contributed by atoms with Gasteiger partial charge >= 0.3 is 5.97 Å². The number of methoxy groups -OCH3 is 1. The van der Waals surface area contributed by atoms with Crippen LogP contribution in [-0.4, -0.2) is 34.2 Å². The highest BCUT2D eigenvalue weighted by Gasteiger charge is 2.30. The van der Waals surface area contributed by atoms with Crippen molar-refractivity contribution in [1.82, 2.24) is 0 Å². The summed E-state index contributed by atoms with van der Waals surface area (Å²) in [6, 6.07) is 12.9. The van der Waals surface area contributed by atoms with Crippen LogP contribution in [0.4, 0.5) is 0 Å². The van der Waals surface area contributed by atoms with E-state index in [9.17, 15) is 13.8 Å². The summed E-state index contributed by atoms with van der Waals surface area (Å²) in [5, 5.41) is 0. The van der Waals surface area contributed by atoms with E-state index in [-0.39, 0.29) is 12.4 Å². The largest absolute Gasteiger partial charge is 0.497 e. The Morgan fingerprint density at radius 1 is 1.08 bits per heavy atom. The van der Waals surface area contributed by atoms with Crippen molar-refractivity contribution >= 4 is 22.8 Å². The van der Waals surface area contributed by atoms with Crippen LogP contribution >= 0.6 is 0 Å². The van der Waals surface area contributed by atoms with Gasteiger partial charge in [-0.05, 0) is 30.2 Å². The zero-order valence-electron chi connectivity index (χ0n) is 14.5. The predicted molar refractivity (Wildman–Crippen MR) is 97.6 cm³/mol. The number of rotatable bonds is 8. The van der Waals surface area contributed by atoms with Gasteiger partial charge in [0, 0.05) is 5.56 Å². The topological polar surface area (TPSA) is 89.9 Å². The molecule has 0 saturated heterocycles. The van der Waals surface area contributed by atoms with Crippen LogP contribution in [0.2, 0.25) is 0 Å². The Bertz CT molecular complexity index is 783. The van der Waals surface area contributed by atoms with Crippen LogP contribution in [0.5, 0.6) is 5.75 Å². The number of Topliss-reactive ketones (excluding diaryl/α,β-unsaturated/α-hetero) is 1. The van der Waals surface area contributed by atoms with E-state index >= 15 is 0 Å². The van der Waals surface area contributed by atoms with E-state index in [4.69, 9.17) is 14.0 Å². The molecule has 2 atom stereocenters. The normalized spacial score (nSPS) is 12.9. The summed E-state index contributed by atoms with van der Waals surface area (Å²) < 4.78 is 30.0. The number of carbonyl (C=O) groups excluding carboxylic acids is 2.